The second-order valence-corrected chi connectivity index (χ2v) is 7.34. The molecular formula is C22H27NO5. The fraction of sp³-hybridized carbons (Fsp3) is 0.364. The summed E-state index contributed by atoms with van der Waals surface area (Å²) in [5.74, 6) is 0.192. The second kappa shape index (κ2) is 9.78. The summed E-state index contributed by atoms with van der Waals surface area (Å²) in [6, 6.07) is 16.4. The van der Waals surface area contributed by atoms with Crippen molar-refractivity contribution in [1.29, 1.82) is 0 Å². The number of carbonyl (C=O) groups excluding carboxylic acids is 2. The number of methoxy groups -OCH3 is 1. The molecule has 0 spiro atoms. The molecule has 0 aliphatic carbocycles. The lowest BCUT2D eigenvalue weighted by molar-refractivity contribution is -0.143. The van der Waals surface area contributed by atoms with Crippen LogP contribution in [-0.4, -0.2) is 30.8 Å². The molecule has 1 N–H and O–H groups in total. The van der Waals surface area contributed by atoms with Crippen LogP contribution in [-0.2, 0) is 27.3 Å². The van der Waals surface area contributed by atoms with Crippen LogP contribution in [0.3, 0.4) is 0 Å². The maximum Gasteiger partial charge on any atom is 0.408 e. The van der Waals surface area contributed by atoms with Crippen molar-refractivity contribution in [3.05, 3.63) is 65.7 Å². The Morgan fingerprint density at radius 1 is 0.964 bits per heavy atom. The molecule has 0 heterocycles. The van der Waals surface area contributed by atoms with Crippen molar-refractivity contribution >= 4 is 12.1 Å². The van der Waals surface area contributed by atoms with E-state index in [-0.39, 0.29) is 6.42 Å². The minimum absolute atomic E-state index is 0.283. The molecule has 2 aromatic carbocycles. The van der Waals surface area contributed by atoms with Crippen molar-refractivity contribution < 1.29 is 23.8 Å². The maximum atomic E-state index is 12.0. The number of rotatable bonds is 7. The van der Waals surface area contributed by atoms with Gasteiger partial charge in [-0.05, 0) is 44.0 Å². The van der Waals surface area contributed by atoms with E-state index in [1.807, 2.05) is 54.6 Å². The zero-order chi connectivity index (χ0) is 20.6. The van der Waals surface area contributed by atoms with Crippen LogP contribution in [0.5, 0.6) is 5.75 Å². The first-order chi connectivity index (χ1) is 13.3. The lowest BCUT2D eigenvalue weighted by Gasteiger charge is -2.22. The molecule has 0 aliphatic heterocycles. The minimum atomic E-state index is -0.837. The largest absolute Gasteiger partial charge is 0.489 e. The van der Waals surface area contributed by atoms with Gasteiger partial charge in [-0.15, -0.1) is 0 Å². The van der Waals surface area contributed by atoms with Gasteiger partial charge in [-0.2, -0.15) is 0 Å². The van der Waals surface area contributed by atoms with Crippen LogP contribution in [0.1, 0.15) is 31.9 Å². The van der Waals surface area contributed by atoms with Crippen molar-refractivity contribution in [3.8, 4) is 5.75 Å². The van der Waals surface area contributed by atoms with Crippen molar-refractivity contribution in [2.45, 2.75) is 45.4 Å². The van der Waals surface area contributed by atoms with Gasteiger partial charge in [0.05, 0.1) is 7.11 Å². The summed E-state index contributed by atoms with van der Waals surface area (Å²) in [6.45, 7) is 5.75. The van der Waals surface area contributed by atoms with Gasteiger partial charge in [0, 0.05) is 6.42 Å². The Balaban J connectivity index is 1.96. The van der Waals surface area contributed by atoms with Crippen LogP contribution in [0.25, 0.3) is 0 Å². The molecule has 1 atom stereocenters. The summed E-state index contributed by atoms with van der Waals surface area (Å²) in [6.07, 6.45) is -0.379. The van der Waals surface area contributed by atoms with Crippen LogP contribution < -0.4 is 10.1 Å². The van der Waals surface area contributed by atoms with Crippen molar-refractivity contribution in [3.63, 3.8) is 0 Å². The van der Waals surface area contributed by atoms with Crippen LogP contribution in [0.2, 0.25) is 0 Å². The summed E-state index contributed by atoms with van der Waals surface area (Å²) < 4.78 is 15.8. The zero-order valence-electron chi connectivity index (χ0n) is 16.7. The van der Waals surface area contributed by atoms with E-state index in [0.29, 0.717) is 6.61 Å². The van der Waals surface area contributed by atoms with Gasteiger partial charge in [-0.3, -0.25) is 0 Å². The first kappa shape index (κ1) is 21.3. The molecule has 150 valence electrons. The Kier molecular flexibility index (Phi) is 7.44. The standard InChI is InChI=1S/C22H27NO5/c1-22(2,3)28-21(25)23-19(20(24)26-4)14-16-10-12-18(13-11-16)27-15-17-8-6-5-7-9-17/h5-13,19H,14-15H2,1-4H3,(H,23,25)/t19-/m0/s1. The SMILES string of the molecule is COC(=O)[C@H](Cc1ccc(OCc2ccccc2)cc1)NC(=O)OC(C)(C)C. The summed E-state index contributed by atoms with van der Waals surface area (Å²) in [5, 5.41) is 2.57. The molecule has 0 aliphatic rings. The number of hydrogen-bond donors (Lipinski definition) is 1. The second-order valence-electron chi connectivity index (χ2n) is 7.34. The van der Waals surface area contributed by atoms with Gasteiger partial charge >= 0.3 is 12.1 Å². The fourth-order valence-corrected chi connectivity index (χ4v) is 2.48. The molecule has 0 bridgehead atoms. The van der Waals surface area contributed by atoms with E-state index in [1.165, 1.54) is 7.11 Å². The molecule has 2 rings (SSSR count). The third kappa shape index (κ3) is 7.31. The van der Waals surface area contributed by atoms with E-state index in [0.717, 1.165) is 16.9 Å². The van der Waals surface area contributed by atoms with Crippen molar-refractivity contribution in [1.82, 2.24) is 5.32 Å². The number of nitrogens with one attached hydrogen (secondary N) is 1. The highest BCUT2D eigenvalue weighted by atomic mass is 16.6. The minimum Gasteiger partial charge on any atom is -0.489 e. The quantitative estimate of drug-likeness (QED) is 0.733. The highest BCUT2D eigenvalue weighted by molar-refractivity contribution is 5.81. The molecule has 0 aromatic heterocycles. The van der Waals surface area contributed by atoms with Gasteiger partial charge < -0.3 is 19.5 Å². The fourth-order valence-electron chi connectivity index (χ4n) is 2.48. The average Bonchev–Trinajstić information content (AvgIpc) is 2.65. The Bertz CT molecular complexity index is 766. The molecule has 0 saturated heterocycles. The lowest BCUT2D eigenvalue weighted by Crippen LogP contribution is -2.45. The van der Waals surface area contributed by atoms with E-state index in [4.69, 9.17) is 14.2 Å². The predicted molar refractivity (Wildman–Crippen MR) is 106 cm³/mol. The molecule has 6 heteroatoms. The highest BCUT2D eigenvalue weighted by Gasteiger charge is 2.25. The Hall–Kier alpha value is -3.02. The topological polar surface area (TPSA) is 73.9 Å². The Labute approximate surface area is 165 Å². The number of carbonyl (C=O) groups is 2. The van der Waals surface area contributed by atoms with Gasteiger partial charge in [-0.1, -0.05) is 42.5 Å². The summed E-state index contributed by atoms with van der Waals surface area (Å²) in [5.41, 5.74) is 1.29. The van der Waals surface area contributed by atoms with E-state index in [2.05, 4.69) is 5.32 Å². The van der Waals surface area contributed by atoms with Crippen LogP contribution in [0, 0.1) is 0 Å². The first-order valence-corrected chi connectivity index (χ1v) is 9.10. The van der Waals surface area contributed by atoms with Gasteiger partial charge in [0.1, 0.15) is 24.0 Å². The van der Waals surface area contributed by atoms with Gasteiger partial charge in [0.15, 0.2) is 0 Å². The number of amides is 1. The molecule has 2 aromatic rings. The summed E-state index contributed by atoms with van der Waals surface area (Å²) in [4.78, 5) is 24.0. The smallest absolute Gasteiger partial charge is 0.408 e. The Morgan fingerprint density at radius 3 is 2.18 bits per heavy atom. The molecular weight excluding hydrogens is 358 g/mol. The Morgan fingerprint density at radius 2 is 1.61 bits per heavy atom. The monoisotopic (exact) mass is 385 g/mol. The van der Waals surface area contributed by atoms with E-state index in [9.17, 15) is 9.59 Å². The van der Waals surface area contributed by atoms with Crippen LogP contribution in [0.4, 0.5) is 4.79 Å². The molecule has 0 saturated carbocycles. The van der Waals surface area contributed by atoms with Gasteiger partial charge in [0.25, 0.3) is 0 Å². The van der Waals surface area contributed by atoms with Crippen LogP contribution >= 0.6 is 0 Å². The van der Waals surface area contributed by atoms with E-state index < -0.39 is 23.7 Å². The number of hydrogen-bond acceptors (Lipinski definition) is 5. The number of alkyl carbamates (subject to hydrolysis) is 1. The first-order valence-electron chi connectivity index (χ1n) is 9.10. The zero-order valence-corrected chi connectivity index (χ0v) is 16.7. The van der Waals surface area contributed by atoms with Crippen LogP contribution in [0.15, 0.2) is 54.6 Å². The normalized spacial score (nSPS) is 12.0. The summed E-state index contributed by atoms with van der Waals surface area (Å²) >= 11 is 0. The highest BCUT2D eigenvalue weighted by Crippen LogP contribution is 2.16. The molecule has 0 fully saturated rings. The van der Waals surface area contributed by atoms with Gasteiger partial charge in [0.2, 0.25) is 0 Å². The molecule has 28 heavy (non-hydrogen) atoms. The molecule has 0 radical (unpaired) electrons. The third-order valence-corrected chi connectivity index (χ3v) is 3.79. The number of ether oxygens (including phenoxy) is 3. The number of esters is 1. The lowest BCUT2D eigenvalue weighted by atomic mass is 10.1. The molecule has 1 amide bonds. The molecule has 0 unspecified atom stereocenters. The average molecular weight is 385 g/mol. The van der Waals surface area contributed by atoms with Crippen molar-refractivity contribution in [2.75, 3.05) is 7.11 Å². The summed E-state index contributed by atoms with van der Waals surface area (Å²) in [7, 11) is 1.28. The number of benzene rings is 2. The third-order valence-electron chi connectivity index (χ3n) is 3.79. The van der Waals surface area contributed by atoms with Gasteiger partial charge in [-0.25, -0.2) is 9.59 Å². The van der Waals surface area contributed by atoms with E-state index in [1.54, 1.807) is 20.8 Å². The maximum absolute atomic E-state index is 12.0. The molecule has 6 nitrogen and oxygen atoms in total. The van der Waals surface area contributed by atoms with E-state index >= 15 is 0 Å². The predicted octanol–water partition coefficient (Wildman–Crippen LogP) is 3.87. The van der Waals surface area contributed by atoms with Crippen molar-refractivity contribution in [2.24, 2.45) is 0 Å².